The lowest BCUT2D eigenvalue weighted by atomic mass is 10.1. The zero-order valence-corrected chi connectivity index (χ0v) is 20.3. The summed E-state index contributed by atoms with van der Waals surface area (Å²) >= 11 is 5.57. The molecule has 1 amide bonds. The van der Waals surface area contributed by atoms with E-state index < -0.39 is 0 Å². The van der Waals surface area contributed by atoms with E-state index in [-0.39, 0.29) is 17.8 Å². The molecule has 0 unspecified atom stereocenters. The first kappa shape index (κ1) is 24.2. The van der Waals surface area contributed by atoms with E-state index in [1.54, 1.807) is 44.6 Å². The van der Waals surface area contributed by atoms with E-state index in [0.717, 1.165) is 18.5 Å². The molecule has 9 heteroatoms. The van der Waals surface area contributed by atoms with Crippen molar-refractivity contribution in [2.24, 2.45) is 5.92 Å². The molecule has 1 aliphatic carbocycles. The number of rotatable bonds is 8. The second kappa shape index (κ2) is 11.0. The maximum atomic E-state index is 13.4. The lowest BCUT2D eigenvalue weighted by Crippen LogP contribution is -2.51. The van der Waals surface area contributed by atoms with Crippen LogP contribution >= 0.6 is 12.2 Å². The van der Waals surface area contributed by atoms with Crippen LogP contribution < -0.4 is 14.8 Å². The van der Waals surface area contributed by atoms with Crippen molar-refractivity contribution in [2.45, 2.75) is 18.9 Å². The van der Waals surface area contributed by atoms with Gasteiger partial charge in [-0.2, -0.15) is 0 Å². The number of nitrogens with one attached hydrogen (secondary N) is 1. The van der Waals surface area contributed by atoms with Crippen LogP contribution in [0.4, 0.5) is 10.1 Å². The molecule has 1 heterocycles. The molecule has 1 saturated carbocycles. The molecule has 1 saturated heterocycles. The molecule has 2 fully saturated rings. The fourth-order valence-electron chi connectivity index (χ4n) is 4.00. The zero-order valence-electron chi connectivity index (χ0n) is 19.5. The van der Waals surface area contributed by atoms with Crippen LogP contribution in [0.2, 0.25) is 0 Å². The average Bonchev–Trinajstić information content (AvgIpc) is 3.68. The van der Waals surface area contributed by atoms with E-state index in [1.165, 1.54) is 12.1 Å². The second-order valence-corrected chi connectivity index (χ2v) is 8.99. The van der Waals surface area contributed by atoms with Gasteiger partial charge in [-0.05, 0) is 73.4 Å². The van der Waals surface area contributed by atoms with Crippen molar-refractivity contribution >= 4 is 28.9 Å². The molecular weight excluding hydrogens is 457 g/mol. The van der Waals surface area contributed by atoms with Crippen molar-refractivity contribution in [3.05, 3.63) is 53.8 Å². The summed E-state index contributed by atoms with van der Waals surface area (Å²) in [6, 6.07) is 11.3. The number of benzene rings is 2. The molecule has 2 aromatic carbocycles. The van der Waals surface area contributed by atoms with Crippen LogP contribution in [0.15, 0.2) is 42.5 Å². The Morgan fingerprint density at radius 1 is 1.15 bits per heavy atom. The largest absolute Gasteiger partial charge is 0.493 e. The lowest BCUT2D eigenvalue weighted by Gasteiger charge is -2.37. The van der Waals surface area contributed by atoms with Gasteiger partial charge in [0.05, 0.1) is 26.9 Å². The first-order chi connectivity index (χ1) is 16.5. The number of ether oxygens (including phenoxy) is 3. The Morgan fingerprint density at radius 2 is 1.88 bits per heavy atom. The quantitative estimate of drug-likeness (QED) is 0.569. The predicted molar refractivity (Wildman–Crippen MR) is 132 cm³/mol. The van der Waals surface area contributed by atoms with E-state index in [2.05, 4.69) is 5.32 Å². The Labute approximate surface area is 204 Å². The fourth-order valence-corrected chi connectivity index (χ4v) is 4.28. The Kier molecular flexibility index (Phi) is 7.84. The van der Waals surface area contributed by atoms with Crippen molar-refractivity contribution in [3.63, 3.8) is 0 Å². The number of hydrogen-bond donors (Lipinski definition) is 1. The summed E-state index contributed by atoms with van der Waals surface area (Å²) in [5.74, 6) is 1.29. The molecule has 4 rings (SSSR count). The van der Waals surface area contributed by atoms with Crippen molar-refractivity contribution in [2.75, 3.05) is 52.3 Å². The maximum Gasteiger partial charge on any atom is 0.254 e. The molecule has 2 aliphatic rings. The van der Waals surface area contributed by atoms with Crippen molar-refractivity contribution < 1.29 is 23.4 Å². The Balaban J connectivity index is 1.42. The molecule has 1 N–H and O–H groups in total. The number of anilines is 1. The van der Waals surface area contributed by atoms with Gasteiger partial charge in [-0.15, -0.1) is 0 Å². The van der Waals surface area contributed by atoms with Gasteiger partial charge in [-0.3, -0.25) is 4.79 Å². The van der Waals surface area contributed by atoms with Crippen LogP contribution in [-0.2, 0) is 4.74 Å². The minimum absolute atomic E-state index is 0.0550. The van der Waals surface area contributed by atoms with Crippen LogP contribution in [0, 0.1) is 11.7 Å². The molecule has 0 aromatic heterocycles. The fraction of sp³-hybridized carbons (Fsp3) is 0.440. The molecular formula is C25H30FN3O4S. The number of methoxy groups -OCH3 is 2. The molecule has 1 atom stereocenters. The highest BCUT2D eigenvalue weighted by Crippen LogP contribution is 2.32. The van der Waals surface area contributed by atoms with Gasteiger partial charge in [-0.25, -0.2) is 4.39 Å². The molecule has 0 radical (unpaired) electrons. The summed E-state index contributed by atoms with van der Waals surface area (Å²) < 4.78 is 29.9. The SMILES string of the molecule is COc1ccc(C(=O)N(CC2CC2)C[C@H]2CN(C(=S)Nc3ccc(F)cc3)CCO2)cc1OC. The van der Waals surface area contributed by atoms with E-state index in [9.17, 15) is 9.18 Å². The Morgan fingerprint density at radius 3 is 2.56 bits per heavy atom. The van der Waals surface area contributed by atoms with E-state index in [1.807, 2.05) is 9.80 Å². The standard InChI is InChI=1S/C25H30FN3O4S/c1-31-22-10-5-18(13-23(22)32-2)24(30)29(14-17-3-4-17)16-21-15-28(11-12-33-21)25(34)27-20-8-6-19(26)7-9-20/h5-10,13,17,21H,3-4,11-12,14-16H2,1-2H3,(H,27,34)/t21-/m1/s1. The summed E-state index contributed by atoms with van der Waals surface area (Å²) in [6.07, 6.45) is 2.10. The van der Waals surface area contributed by atoms with Gasteiger partial charge in [0.2, 0.25) is 0 Å². The first-order valence-corrected chi connectivity index (χ1v) is 11.8. The third kappa shape index (κ3) is 6.15. The number of nitrogens with zero attached hydrogens (tertiary/aromatic N) is 2. The topological polar surface area (TPSA) is 63.3 Å². The van der Waals surface area contributed by atoms with Crippen molar-refractivity contribution in [3.8, 4) is 11.5 Å². The first-order valence-electron chi connectivity index (χ1n) is 11.4. The number of halogens is 1. The summed E-state index contributed by atoms with van der Waals surface area (Å²) in [4.78, 5) is 17.3. The molecule has 1 aliphatic heterocycles. The van der Waals surface area contributed by atoms with E-state index in [4.69, 9.17) is 26.4 Å². The van der Waals surface area contributed by atoms with Gasteiger partial charge in [0.15, 0.2) is 16.6 Å². The highest BCUT2D eigenvalue weighted by atomic mass is 32.1. The van der Waals surface area contributed by atoms with Gasteiger partial charge < -0.3 is 29.3 Å². The number of morpholine rings is 1. The summed E-state index contributed by atoms with van der Waals surface area (Å²) in [5.41, 5.74) is 1.29. The van der Waals surface area contributed by atoms with Crippen LogP contribution in [0.25, 0.3) is 0 Å². The van der Waals surface area contributed by atoms with Gasteiger partial charge in [-0.1, -0.05) is 0 Å². The average molecular weight is 488 g/mol. The molecule has 7 nitrogen and oxygen atoms in total. The van der Waals surface area contributed by atoms with Crippen LogP contribution in [0.3, 0.4) is 0 Å². The summed E-state index contributed by atoms with van der Waals surface area (Å²) in [5, 5.41) is 3.71. The molecule has 182 valence electrons. The number of thiocarbonyl (C=S) groups is 1. The third-order valence-corrected chi connectivity index (χ3v) is 6.40. The van der Waals surface area contributed by atoms with Crippen LogP contribution in [0.5, 0.6) is 11.5 Å². The number of carbonyl (C=O) groups is 1. The predicted octanol–water partition coefficient (Wildman–Crippen LogP) is 3.79. The minimum atomic E-state index is -0.294. The minimum Gasteiger partial charge on any atom is -0.493 e. The normalized spacial score (nSPS) is 17.7. The maximum absolute atomic E-state index is 13.4. The van der Waals surface area contributed by atoms with Gasteiger partial charge in [0, 0.05) is 37.4 Å². The van der Waals surface area contributed by atoms with Crippen LogP contribution in [-0.4, -0.2) is 73.9 Å². The van der Waals surface area contributed by atoms with Crippen LogP contribution in [0.1, 0.15) is 23.2 Å². The van der Waals surface area contributed by atoms with Gasteiger partial charge in [0.25, 0.3) is 5.91 Å². The molecule has 34 heavy (non-hydrogen) atoms. The monoisotopic (exact) mass is 487 g/mol. The highest BCUT2D eigenvalue weighted by Gasteiger charge is 2.31. The molecule has 2 aromatic rings. The Hall–Kier alpha value is -2.91. The van der Waals surface area contributed by atoms with E-state index in [0.29, 0.717) is 60.9 Å². The summed E-state index contributed by atoms with van der Waals surface area (Å²) in [7, 11) is 3.13. The lowest BCUT2D eigenvalue weighted by molar-refractivity contribution is -0.0209. The number of carbonyl (C=O) groups excluding carboxylic acids is 1. The second-order valence-electron chi connectivity index (χ2n) is 8.60. The summed E-state index contributed by atoms with van der Waals surface area (Å²) in [6.45, 7) is 2.89. The van der Waals surface area contributed by atoms with Gasteiger partial charge >= 0.3 is 0 Å². The number of hydrogen-bond acceptors (Lipinski definition) is 5. The van der Waals surface area contributed by atoms with Crippen molar-refractivity contribution in [1.29, 1.82) is 0 Å². The van der Waals surface area contributed by atoms with Gasteiger partial charge in [0.1, 0.15) is 5.82 Å². The zero-order chi connectivity index (χ0) is 24.1. The van der Waals surface area contributed by atoms with Crippen molar-refractivity contribution in [1.82, 2.24) is 9.80 Å². The highest BCUT2D eigenvalue weighted by molar-refractivity contribution is 7.80. The molecule has 0 bridgehead atoms. The van der Waals surface area contributed by atoms with E-state index >= 15 is 0 Å². The number of amides is 1. The molecule has 0 spiro atoms. The Bertz CT molecular complexity index is 1020. The third-order valence-electron chi connectivity index (χ3n) is 6.04. The smallest absolute Gasteiger partial charge is 0.254 e.